The molecular formula is C13H13. The van der Waals surface area contributed by atoms with Crippen LogP contribution in [0.3, 0.4) is 0 Å². The number of rotatable bonds is 1. The van der Waals surface area contributed by atoms with Gasteiger partial charge in [0, 0.05) is 0 Å². The third-order valence-electron chi connectivity index (χ3n) is 2.34. The minimum Gasteiger partial charge on any atom is -0.0616 e. The lowest BCUT2D eigenvalue weighted by molar-refractivity contribution is 0.967. The first-order chi connectivity index (χ1) is 6.27. The molecule has 0 amide bonds. The average molecular weight is 169 g/mol. The third kappa shape index (κ3) is 1.57. The molecule has 0 aliphatic heterocycles. The first-order valence-electron chi connectivity index (χ1n) is 4.59. The predicted molar refractivity (Wildman–Crippen MR) is 57.7 cm³/mol. The fourth-order valence-corrected chi connectivity index (χ4v) is 1.51. The van der Waals surface area contributed by atoms with Gasteiger partial charge >= 0.3 is 0 Å². The van der Waals surface area contributed by atoms with Crippen molar-refractivity contribution >= 4 is 10.8 Å². The number of hydrogen-bond acceptors (Lipinski definition) is 0. The number of fused-ring (bicyclic) bond motifs is 1. The summed E-state index contributed by atoms with van der Waals surface area (Å²) < 4.78 is 0. The minimum absolute atomic E-state index is 0.365. The Balaban J connectivity index is 2.62. The van der Waals surface area contributed by atoms with Crippen LogP contribution in [-0.2, 0) is 0 Å². The molecule has 0 nitrogen and oxygen atoms in total. The zero-order valence-corrected chi connectivity index (χ0v) is 7.83. The molecule has 1 atom stereocenters. The van der Waals surface area contributed by atoms with E-state index in [4.69, 9.17) is 0 Å². The van der Waals surface area contributed by atoms with Crippen LogP contribution in [0.15, 0.2) is 42.5 Å². The van der Waals surface area contributed by atoms with Crippen molar-refractivity contribution in [2.45, 2.75) is 12.8 Å². The lowest BCUT2D eigenvalue weighted by atomic mass is 9.99. The maximum atomic E-state index is 4.02. The standard InChI is InChI=1S/C13H13/c1-10(2)12-8-7-11-5-3-4-6-13(11)9-12/h3-10H,1H2,2H3. The van der Waals surface area contributed by atoms with E-state index in [1.54, 1.807) is 0 Å². The maximum Gasteiger partial charge on any atom is -0.0181 e. The molecule has 0 bridgehead atoms. The Labute approximate surface area is 79.2 Å². The van der Waals surface area contributed by atoms with Crippen molar-refractivity contribution in [2.24, 2.45) is 0 Å². The van der Waals surface area contributed by atoms with E-state index >= 15 is 0 Å². The summed E-state index contributed by atoms with van der Waals surface area (Å²) in [5.41, 5.74) is 1.30. The van der Waals surface area contributed by atoms with Gasteiger partial charge in [0.05, 0.1) is 0 Å². The highest BCUT2D eigenvalue weighted by atomic mass is 14.0. The molecule has 65 valence electrons. The molecule has 1 radical (unpaired) electrons. The molecule has 0 heteroatoms. The van der Waals surface area contributed by atoms with Crippen LogP contribution < -0.4 is 0 Å². The second-order valence-corrected chi connectivity index (χ2v) is 3.51. The van der Waals surface area contributed by atoms with Gasteiger partial charge in [0.15, 0.2) is 0 Å². The molecule has 0 aliphatic carbocycles. The van der Waals surface area contributed by atoms with Crippen LogP contribution in [0.2, 0.25) is 0 Å². The number of hydrogen-bond donors (Lipinski definition) is 0. The Hall–Kier alpha value is -1.30. The molecular weight excluding hydrogens is 156 g/mol. The first-order valence-corrected chi connectivity index (χ1v) is 4.59. The minimum atomic E-state index is 0.365. The van der Waals surface area contributed by atoms with Crippen LogP contribution in [0.5, 0.6) is 0 Å². The summed E-state index contributed by atoms with van der Waals surface area (Å²) in [7, 11) is 0. The van der Waals surface area contributed by atoms with Crippen LogP contribution in [-0.4, -0.2) is 0 Å². The van der Waals surface area contributed by atoms with Gasteiger partial charge in [0.2, 0.25) is 0 Å². The van der Waals surface area contributed by atoms with Crippen LogP contribution >= 0.6 is 0 Å². The topological polar surface area (TPSA) is 0 Å². The van der Waals surface area contributed by atoms with Gasteiger partial charge in [-0.2, -0.15) is 0 Å². The van der Waals surface area contributed by atoms with Crippen molar-refractivity contribution in [1.82, 2.24) is 0 Å². The Bertz CT molecular complexity index is 413. The van der Waals surface area contributed by atoms with E-state index in [-0.39, 0.29) is 0 Å². The molecule has 0 fully saturated rings. The van der Waals surface area contributed by atoms with Crippen molar-refractivity contribution in [3.05, 3.63) is 55.0 Å². The predicted octanol–water partition coefficient (Wildman–Crippen LogP) is 3.78. The monoisotopic (exact) mass is 169 g/mol. The Morgan fingerprint density at radius 1 is 1.00 bits per heavy atom. The summed E-state index contributed by atoms with van der Waals surface area (Å²) in [4.78, 5) is 0. The Kier molecular flexibility index (Phi) is 2.05. The van der Waals surface area contributed by atoms with Gasteiger partial charge in [-0.3, -0.25) is 0 Å². The molecule has 0 spiro atoms. The second-order valence-electron chi connectivity index (χ2n) is 3.51. The summed E-state index contributed by atoms with van der Waals surface area (Å²) in [6, 6.07) is 14.9. The lowest BCUT2D eigenvalue weighted by Gasteiger charge is -2.06. The molecule has 0 heterocycles. The van der Waals surface area contributed by atoms with Gasteiger partial charge in [-0.15, -0.1) is 0 Å². The fraction of sp³-hybridized carbons (Fsp3) is 0.154. The average Bonchev–Trinajstić information content (AvgIpc) is 2.17. The molecule has 0 aliphatic rings. The van der Waals surface area contributed by atoms with Gasteiger partial charge < -0.3 is 0 Å². The van der Waals surface area contributed by atoms with Gasteiger partial charge in [-0.05, 0) is 29.2 Å². The molecule has 13 heavy (non-hydrogen) atoms. The SMILES string of the molecule is [CH2]C(C)c1ccc2ccccc2c1. The van der Waals surface area contributed by atoms with E-state index in [0.29, 0.717) is 5.92 Å². The van der Waals surface area contributed by atoms with Crippen molar-refractivity contribution in [3.8, 4) is 0 Å². The molecule has 1 unspecified atom stereocenters. The van der Waals surface area contributed by atoms with Crippen molar-refractivity contribution in [3.63, 3.8) is 0 Å². The molecule has 0 saturated heterocycles. The van der Waals surface area contributed by atoms with Crippen LogP contribution in [0.4, 0.5) is 0 Å². The number of benzene rings is 2. The summed E-state index contributed by atoms with van der Waals surface area (Å²) in [5, 5.41) is 2.60. The third-order valence-corrected chi connectivity index (χ3v) is 2.34. The van der Waals surface area contributed by atoms with Crippen molar-refractivity contribution in [1.29, 1.82) is 0 Å². The molecule has 0 N–H and O–H groups in total. The van der Waals surface area contributed by atoms with Crippen LogP contribution in [0.25, 0.3) is 10.8 Å². The van der Waals surface area contributed by atoms with Crippen LogP contribution in [0, 0.1) is 6.92 Å². The van der Waals surface area contributed by atoms with E-state index in [0.717, 1.165) is 0 Å². The van der Waals surface area contributed by atoms with Crippen LogP contribution in [0.1, 0.15) is 18.4 Å². The van der Waals surface area contributed by atoms with Crippen molar-refractivity contribution < 1.29 is 0 Å². The zero-order chi connectivity index (χ0) is 9.26. The van der Waals surface area contributed by atoms with Gasteiger partial charge in [-0.25, -0.2) is 0 Å². The van der Waals surface area contributed by atoms with E-state index < -0.39 is 0 Å². The summed E-state index contributed by atoms with van der Waals surface area (Å²) >= 11 is 0. The van der Waals surface area contributed by atoms with E-state index in [1.165, 1.54) is 16.3 Å². The van der Waals surface area contributed by atoms with E-state index in [9.17, 15) is 0 Å². The zero-order valence-electron chi connectivity index (χ0n) is 7.83. The van der Waals surface area contributed by atoms with E-state index in [2.05, 4.69) is 56.3 Å². The second kappa shape index (κ2) is 3.21. The summed E-state index contributed by atoms with van der Waals surface area (Å²) in [5.74, 6) is 0.365. The Morgan fingerprint density at radius 3 is 2.38 bits per heavy atom. The molecule has 2 aromatic carbocycles. The van der Waals surface area contributed by atoms with E-state index in [1.807, 2.05) is 0 Å². The summed E-state index contributed by atoms with van der Waals surface area (Å²) in [6.45, 7) is 6.13. The van der Waals surface area contributed by atoms with Gasteiger partial charge in [0.25, 0.3) is 0 Å². The van der Waals surface area contributed by atoms with Gasteiger partial charge in [0.1, 0.15) is 0 Å². The lowest BCUT2D eigenvalue weighted by Crippen LogP contribution is -1.86. The maximum absolute atomic E-state index is 4.02. The smallest absolute Gasteiger partial charge is 0.0181 e. The fourth-order valence-electron chi connectivity index (χ4n) is 1.51. The van der Waals surface area contributed by atoms with Gasteiger partial charge in [-0.1, -0.05) is 49.4 Å². The molecule has 2 aromatic rings. The molecule has 2 rings (SSSR count). The quantitative estimate of drug-likeness (QED) is 0.609. The largest absolute Gasteiger partial charge is 0.0616 e. The first kappa shape index (κ1) is 8.31. The molecule has 0 aromatic heterocycles. The highest BCUT2D eigenvalue weighted by Crippen LogP contribution is 2.20. The summed E-state index contributed by atoms with van der Waals surface area (Å²) in [6.07, 6.45) is 0. The highest BCUT2D eigenvalue weighted by Gasteiger charge is 1.99. The van der Waals surface area contributed by atoms with Crippen molar-refractivity contribution in [2.75, 3.05) is 0 Å². The highest BCUT2D eigenvalue weighted by molar-refractivity contribution is 5.83. The Morgan fingerprint density at radius 2 is 1.69 bits per heavy atom. The normalized spacial score (nSPS) is 11.0. The molecule has 0 saturated carbocycles.